The molecule has 0 aliphatic carbocycles. The van der Waals surface area contributed by atoms with E-state index in [1.54, 1.807) is 13.8 Å². The molecule has 0 heterocycles. The molecule has 1 aromatic carbocycles. The second kappa shape index (κ2) is 8.00. The Morgan fingerprint density at radius 2 is 1.95 bits per heavy atom. The number of rotatable bonds is 8. The molecule has 0 aliphatic rings. The fourth-order valence-electron chi connectivity index (χ4n) is 2.18. The first-order valence-corrected chi connectivity index (χ1v) is 7.07. The van der Waals surface area contributed by atoms with Crippen molar-refractivity contribution in [2.75, 3.05) is 13.2 Å². The molecule has 2 atom stereocenters. The zero-order valence-corrected chi connectivity index (χ0v) is 12.9. The zero-order chi connectivity index (χ0) is 15.9. The minimum Gasteiger partial charge on any atom is -0.443 e. The van der Waals surface area contributed by atoms with Crippen LogP contribution in [0.5, 0.6) is 0 Å². The fraction of sp³-hybridized carbons (Fsp3) is 0.562. The summed E-state index contributed by atoms with van der Waals surface area (Å²) in [6.45, 7) is 6.31. The van der Waals surface area contributed by atoms with Crippen LogP contribution in [0.25, 0.3) is 0 Å². The number of ether oxygens (including phenoxy) is 2. The average Bonchev–Trinajstić information content (AvgIpc) is 2.43. The predicted octanol–water partition coefficient (Wildman–Crippen LogP) is 2.32. The third kappa shape index (κ3) is 5.73. The number of amides is 1. The Bertz CT molecular complexity index is 433. The number of carbonyl (C=O) groups excluding carboxylic acids is 1. The molecule has 1 unspecified atom stereocenters. The first kappa shape index (κ1) is 17.5. The average molecular weight is 295 g/mol. The number of aliphatic hydroxyl groups excluding tert-OH is 1. The van der Waals surface area contributed by atoms with Crippen molar-refractivity contribution in [3.8, 4) is 0 Å². The molecular formula is C16H25NO4. The molecule has 0 saturated carbocycles. The van der Waals surface area contributed by atoms with Gasteiger partial charge < -0.3 is 20.3 Å². The Hall–Kier alpha value is -1.59. The van der Waals surface area contributed by atoms with E-state index in [9.17, 15) is 9.90 Å². The Morgan fingerprint density at radius 1 is 1.33 bits per heavy atom. The summed E-state index contributed by atoms with van der Waals surface area (Å²) < 4.78 is 10.8. The third-order valence-electron chi connectivity index (χ3n) is 3.85. The number of benzene rings is 1. The topological polar surface area (TPSA) is 81.8 Å². The molecule has 21 heavy (non-hydrogen) atoms. The smallest absolute Gasteiger partial charge is 0.405 e. The highest BCUT2D eigenvalue weighted by molar-refractivity contribution is 5.65. The Kier molecular flexibility index (Phi) is 6.65. The van der Waals surface area contributed by atoms with Gasteiger partial charge in [-0.1, -0.05) is 37.3 Å². The quantitative estimate of drug-likeness (QED) is 0.771. The number of primary amides is 1. The van der Waals surface area contributed by atoms with Crippen molar-refractivity contribution in [2.45, 2.75) is 33.0 Å². The van der Waals surface area contributed by atoms with E-state index in [2.05, 4.69) is 0 Å². The molecule has 0 radical (unpaired) electrons. The lowest BCUT2D eigenvalue weighted by molar-refractivity contribution is -0.0501. The van der Waals surface area contributed by atoms with Crippen LogP contribution in [0.4, 0.5) is 4.79 Å². The van der Waals surface area contributed by atoms with Gasteiger partial charge in [0.2, 0.25) is 0 Å². The van der Waals surface area contributed by atoms with Gasteiger partial charge in [0.15, 0.2) is 0 Å². The van der Waals surface area contributed by atoms with Crippen LogP contribution in [0, 0.1) is 11.8 Å². The van der Waals surface area contributed by atoms with Crippen molar-refractivity contribution < 1.29 is 19.4 Å². The number of aliphatic hydroxyl groups is 1. The van der Waals surface area contributed by atoms with Gasteiger partial charge in [0.25, 0.3) is 0 Å². The highest BCUT2D eigenvalue weighted by Gasteiger charge is 2.35. The summed E-state index contributed by atoms with van der Waals surface area (Å²) in [6, 6.07) is 9.82. The number of carbonyl (C=O) groups is 1. The van der Waals surface area contributed by atoms with Crippen LogP contribution in [0.3, 0.4) is 0 Å². The summed E-state index contributed by atoms with van der Waals surface area (Å²) in [4.78, 5) is 10.9. The van der Waals surface area contributed by atoms with Crippen molar-refractivity contribution in [3.63, 3.8) is 0 Å². The summed E-state index contributed by atoms with van der Waals surface area (Å²) in [5.74, 6) is -0.228. The molecule has 0 saturated heterocycles. The molecular weight excluding hydrogens is 270 g/mol. The highest BCUT2D eigenvalue weighted by atomic mass is 16.6. The molecule has 3 N–H and O–H groups in total. The Morgan fingerprint density at radius 3 is 2.48 bits per heavy atom. The number of hydrogen-bond acceptors (Lipinski definition) is 4. The molecule has 0 aromatic heterocycles. The zero-order valence-electron chi connectivity index (χ0n) is 12.9. The SMILES string of the molecule is CC([C@H](CO)COCc1ccccc1)C(C)(C)OC(N)=O. The molecule has 0 spiro atoms. The van der Waals surface area contributed by atoms with Gasteiger partial charge in [0.05, 0.1) is 13.2 Å². The van der Waals surface area contributed by atoms with Crippen molar-refractivity contribution >= 4 is 6.09 Å². The van der Waals surface area contributed by atoms with Crippen LogP contribution in [0.15, 0.2) is 30.3 Å². The van der Waals surface area contributed by atoms with E-state index in [1.807, 2.05) is 37.3 Å². The second-order valence-electron chi connectivity index (χ2n) is 5.76. The molecule has 5 heteroatoms. The van der Waals surface area contributed by atoms with E-state index < -0.39 is 11.7 Å². The summed E-state index contributed by atoms with van der Waals surface area (Å²) in [5.41, 5.74) is 5.40. The molecule has 1 aromatic rings. The van der Waals surface area contributed by atoms with E-state index in [1.165, 1.54) is 0 Å². The van der Waals surface area contributed by atoms with E-state index in [4.69, 9.17) is 15.2 Å². The van der Waals surface area contributed by atoms with Gasteiger partial charge in [-0.2, -0.15) is 0 Å². The number of nitrogens with two attached hydrogens (primary N) is 1. The van der Waals surface area contributed by atoms with Gasteiger partial charge >= 0.3 is 6.09 Å². The summed E-state index contributed by atoms with van der Waals surface area (Å²) in [6.07, 6.45) is -0.811. The van der Waals surface area contributed by atoms with Crippen LogP contribution in [0.1, 0.15) is 26.3 Å². The molecule has 0 fully saturated rings. The summed E-state index contributed by atoms with van der Waals surface area (Å²) in [5, 5.41) is 9.54. The van der Waals surface area contributed by atoms with Crippen LogP contribution in [-0.2, 0) is 16.1 Å². The largest absolute Gasteiger partial charge is 0.443 e. The molecule has 1 rings (SSSR count). The van der Waals surface area contributed by atoms with E-state index in [0.717, 1.165) is 5.56 Å². The maximum absolute atomic E-state index is 10.9. The molecule has 5 nitrogen and oxygen atoms in total. The van der Waals surface area contributed by atoms with Gasteiger partial charge in [0.1, 0.15) is 5.60 Å². The van der Waals surface area contributed by atoms with E-state index in [-0.39, 0.29) is 18.4 Å². The van der Waals surface area contributed by atoms with Crippen LogP contribution >= 0.6 is 0 Å². The van der Waals surface area contributed by atoms with Crippen LogP contribution in [0.2, 0.25) is 0 Å². The van der Waals surface area contributed by atoms with Gasteiger partial charge in [-0.05, 0) is 19.4 Å². The lowest BCUT2D eigenvalue weighted by Crippen LogP contribution is -2.42. The predicted molar refractivity (Wildman–Crippen MR) is 80.6 cm³/mol. The van der Waals surface area contributed by atoms with Crippen LogP contribution < -0.4 is 5.73 Å². The normalized spacial score (nSPS) is 14.5. The van der Waals surface area contributed by atoms with Crippen molar-refractivity contribution in [2.24, 2.45) is 17.6 Å². The molecule has 1 amide bonds. The van der Waals surface area contributed by atoms with Gasteiger partial charge in [-0.3, -0.25) is 0 Å². The van der Waals surface area contributed by atoms with Gasteiger partial charge in [-0.15, -0.1) is 0 Å². The molecule has 118 valence electrons. The number of hydrogen-bond donors (Lipinski definition) is 2. The standard InChI is InChI=1S/C16H25NO4/c1-12(16(2,3)21-15(17)19)14(9-18)11-20-10-13-7-5-4-6-8-13/h4-8,12,14,18H,9-11H2,1-3H3,(H2,17,19)/t12?,14-/m1/s1. The second-order valence-corrected chi connectivity index (χ2v) is 5.76. The first-order chi connectivity index (χ1) is 9.86. The first-order valence-electron chi connectivity index (χ1n) is 7.07. The maximum atomic E-state index is 10.9. The van der Waals surface area contributed by atoms with Crippen molar-refractivity contribution in [1.82, 2.24) is 0 Å². The van der Waals surface area contributed by atoms with Crippen molar-refractivity contribution in [3.05, 3.63) is 35.9 Å². The molecule has 0 bridgehead atoms. The lowest BCUT2D eigenvalue weighted by atomic mass is 9.82. The van der Waals surface area contributed by atoms with E-state index >= 15 is 0 Å². The summed E-state index contributed by atoms with van der Waals surface area (Å²) in [7, 11) is 0. The third-order valence-corrected chi connectivity index (χ3v) is 3.85. The highest BCUT2D eigenvalue weighted by Crippen LogP contribution is 2.28. The maximum Gasteiger partial charge on any atom is 0.405 e. The van der Waals surface area contributed by atoms with Crippen LogP contribution in [-0.4, -0.2) is 30.0 Å². The fourth-order valence-corrected chi connectivity index (χ4v) is 2.18. The Balaban J connectivity index is 2.52. The Labute approximate surface area is 126 Å². The molecule has 0 aliphatic heterocycles. The van der Waals surface area contributed by atoms with Gasteiger partial charge in [-0.25, -0.2) is 4.79 Å². The van der Waals surface area contributed by atoms with E-state index in [0.29, 0.717) is 13.2 Å². The lowest BCUT2D eigenvalue weighted by Gasteiger charge is -2.35. The summed E-state index contributed by atoms with van der Waals surface area (Å²) >= 11 is 0. The monoisotopic (exact) mass is 295 g/mol. The van der Waals surface area contributed by atoms with Crippen molar-refractivity contribution in [1.29, 1.82) is 0 Å². The minimum absolute atomic E-state index is 0.0402. The minimum atomic E-state index is -0.811. The van der Waals surface area contributed by atoms with Gasteiger partial charge in [0, 0.05) is 18.4 Å².